The standard InChI is InChI=1S/C14H13BrClNO/c15-11-3-1-5-13(9-11)17-7-8-18-14-6-2-4-12(16)10-14/h1-6,9-10,17H,7-8H2. The van der Waals surface area contributed by atoms with Crippen molar-refractivity contribution in [2.24, 2.45) is 0 Å². The highest BCUT2D eigenvalue weighted by Gasteiger charge is 1.96. The van der Waals surface area contributed by atoms with Gasteiger partial charge < -0.3 is 10.1 Å². The second kappa shape index (κ2) is 6.66. The van der Waals surface area contributed by atoms with Crippen molar-refractivity contribution in [3.8, 4) is 5.75 Å². The van der Waals surface area contributed by atoms with Gasteiger partial charge >= 0.3 is 0 Å². The normalized spacial score (nSPS) is 10.1. The summed E-state index contributed by atoms with van der Waals surface area (Å²) in [5, 5.41) is 3.97. The monoisotopic (exact) mass is 325 g/mol. The third kappa shape index (κ3) is 4.24. The zero-order valence-corrected chi connectivity index (χ0v) is 12.0. The van der Waals surface area contributed by atoms with Gasteiger partial charge in [0.1, 0.15) is 12.4 Å². The maximum absolute atomic E-state index is 5.87. The quantitative estimate of drug-likeness (QED) is 0.811. The summed E-state index contributed by atoms with van der Waals surface area (Å²) >= 11 is 9.30. The van der Waals surface area contributed by atoms with Crippen LogP contribution in [-0.4, -0.2) is 13.2 Å². The van der Waals surface area contributed by atoms with Crippen molar-refractivity contribution in [1.82, 2.24) is 0 Å². The molecule has 0 aromatic heterocycles. The molecular formula is C14H13BrClNO. The third-order valence-corrected chi connectivity index (χ3v) is 3.05. The van der Waals surface area contributed by atoms with Gasteiger partial charge in [0, 0.05) is 21.7 Å². The first-order valence-electron chi connectivity index (χ1n) is 5.62. The number of hydrogen-bond donors (Lipinski definition) is 1. The van der Waals surface area contributed by atoms with Gasteiger partial charge in [0.2, 0.25) is 0 Å². The van der Waals surface area contributed by atoms with Gasteiger partial charge in [-0.15, -0.1) is 0 Å². The largest absolute Gasteiger partial charge is 0.492 e. The molecule has 0 bridgehead atoms. The van der Waals surface area contributed by atoms with E-state index in [1.54, 1.807) is 6.07 Å². The topological polar surface area (TPSA) is 21.3 Å². The van der Waals surface area contributed by atoms with E-state index < -0.39 is 0 Å². The van der Waals surface area contributed by atoms with Gasteiger partial charge in [-0.2, -0.15) is 0 Å². The van der Waals surface area contributed by atoms with E-state index in [1.807, 2.05) is 42.5 Å². The van der Waals surface area contributed by atoms with E-state index in [0.717, 1.165) is 22.5 Å². The number of hydrogen-bond acceptors (Lipinski definition) is 2. The van der Waals surface area contributed by atoms with Gasteiger partial charge in [-0.25, -0.2) is 0 Å². The van der Waals surface area contributed by atoms with E-state index in [9.17, 15) is 0 Å². The average Bonchev–Trinajstić information content (AvgIpc) is 2.35. The van der Waals surface area contributed by atoms with Crippen LogP contribution >= 0.6 is 27.5 Å². The summed E-state index contributed by atoms with van der Waals surface area (Å²) in [6.45, 7) is 1.33. The highest BCUT2D eigenvalue weighted by molar-refractivity contribution is 9.10. The Labute approximate surface area is 120 Å². The summed E-state index contributed by atoms with van der Waals surface area (Å²) in [6, 6.07) is 15.4. The van der Waals surface area contributed by atoms with Gasteiger partial charge in [-0.1, -0.05) is 39.7 Å². The van der Waals surface area contributed by atoms with Gasteiger partial charge in [-0.05, 0) is 36.4 Å². The van der Waals surface area contributed by atoms with Crippen LogP contribution in [0, 0.1) is 0 Å². The minimum absolute atomic E-state index is 0.590. The van der Waals surface area contributed by atoms with E-state index in [4.69, 9.17) is 16.3 Å². The lowest BCUT2D eigenvalue weighted by Crippen LogP contribution is -2.11. The molecule has 2 aromatic carbocycles. The predicted octanol–water partition coefficient (Wildman–Crippen LogP) is 4.59. The van der Waals surface area contributed by atoms with E-state index in [1.165, 1.54) is 0 Å². The maximum atomic E-state index is 5.87. The van der Waals surface area contributed by atoms with Crippen LogP contribution in [0.15, 0.2) is 53.0 Å². The minimum Gasteiger partial charge on any atom is -0.492 e. The molecule has 2 aromatic rings. The number of nitrogens with one attached hydrogen (secondary N) is 1. The first-order chi connectivity index (χ1) is 8.74. The summed E-state index contributed by atoms with van der Waals surface area (Å²) in [5.74, 6) is 0.790. The molecule has 0 saturated carbocycles. The van der Waals surface area contributed by atoms with E-state index in [0.29, 0.717) is 11.6 Å². The van der Waals surface area contributed by atoms with Crippen LogP contribution in [0.25, 0.3) is 0 Å². The smallest absolute Gasteiger partial charge is 0.120 e. The third-order valence-electron chi connectivity index (χ3n) is 2.32. The Balaban J connectivity index is 1.76. The molecule has 0 fully saturated rings. The molecule has 0 radical (unpaired) electrons. The van der Waals surface area contributed by atoms with E-state index in [-0.39, 0.29) is 0 Å². The molecule has 0 aliphatic heterocycles. The molecule has 4 heteroatoms. The van der Waals surface area contributed by atoms with Crippen LogP contribution in [-0.2, 0) is 0 Å². The number of anilines is 1. The second-order valence-corrected chi connectivity index (χ2v) is 5.10. The molecule has 2 rings (SSSR count). The molecule has 0 atom stereocenters. The summed E-state index contributed by atoms with van der Waals surface area (Å²) in [7, 11) is 0. The van der Waals surface area contributed by atoms with Crippen molar-refractivity contribution < 1.29 is 4.74 Å². The lowest BCUT2D eigenvalue weighted by atomic mass is 10.3. The first kappa shape index (κ1) is 13.2. The Morgan fingerprint density at radius 3 is 2.72 bits per heavy atom. The minimum atomic E-state index is 0.590. The lowest BCUT2D eigenvalue weighted by molar-refractivity contribution is 0.333. The Bertz CT molecular complexity index is 471. The molecule has 0 amide bonds. The fourth-order valence-electron chi connectivity index (χ4n) is 1.52. The van der Waals surface area contributed by atoms with Crippen molar-refractivity contribution >= 4 is 33.2 Å². The van der Waals surface area contributed by atoms with Crippen molar-refractivity contribution in [3.05, 3.63) is 58.0 Å². The van der Waals surface area contributed by atoms with E-state index in [2.05, 4.69) is 21.2 Å². The summed E-state index contributed by atoms with van der Waals surface area (Å²) in [4.78, 5) is 0. The maximum Gasteiger partial charge on any atom is 0.120 e. The van der Waals surface area contributed by atoms with Gasteiger partial charge in [0.15, 0.2) is 0 Å². The van der Waals surface area contributed by atoms with Crippen LogP contribution in [0.1, 0.15) is 0 Å². The van der Waals surface area contributed by atoms with Crippen LogP contribution in [0.3, 0.4) is 0 Å². The second-order valence-electron chi connectivity index (χ2n) is 3.74. The number of ether oxygens (including phenoxy) is 1. The number of benzene rings is 2. The Kier molecular flexibility index (Phi) is 4.90. The van der Waals surface area contributed by atoms with Gasteiger partial charge in [-0.3, -0.25) is 0 Å². The predicted molar refractivity (Wildman–Crippen MR) is 79.6 cm³/mol. The highest BCUT2D eigenvalue weighted by atomic mass is 79.9. The molecule has 2 nitrogen and oxygen atoms in total. The molecule has 0 spiro atoms. The Hall–Kier alpha value is -1.19. The molecule has 94 valence electrons. The molecule has 0 saturated heterocycles. The van der Waals surface area contributed by atoms with E-state index >= 15 is 0 Å². The first-order valence-corrected chi connectivity index (χ1v) is 6.79. The zero-order chi connectivity index (χ0) is 12.8. The molecule has 0 unspecified atom stereocenters. The molecule has 1 N–H and O–H groups in total. The lowest BCUT2D eigenvalue weighted by Gasteiger charge is -2.09. The van der Waals surface area contributed by atoms with Crippen molar-refractivity contribution in [2.45, 2.75) is 0 Å². The number of rotatable bonds is 5. The molecule has 0 aliphatic carbocycles. The number of halogens is 2. The summed E-state index contributed by atoms with van der Waals surface area (Å²) in [5.41, 5.74) is 1.07. The molecular weight excluding hydrogens is 314 g/mol. The summed E-state index contributed by atoms with van der Waals surface area (Å²) in [6.07, 6.45) is 0. The zero-order valence-electron chi connectivity index (χ0n) is 9.70. The van der Waals surface area contributed by atoms with Crippen LogP contribution in [0.2, 0.25) is 5.02 Å². The molecule has 0 heterocycles. The van der Waals surface area contributed by atoms with Gasteiger partial charge in [0.25, 0.3) is 0 Å². The van der Waals surface area contributed by atoms with Crippen LogP contribution in [0.4, 0.5) is 5.69 Å². The van der Waals surface area contributed by atoms with Crippen molar-refractivity contribution in [1.29, 1.82) is 0 Å². The molecule has 18 heavy (non-hydrogen) atoms. The fourth-order valence-corrected chi connectivity index (χ4v) is 2.10. The van der Waals surface area contributed by atoms with Crippen molar-refractivity contribution in [2.75, 3.05) is 18.5 Å². The Morgan fingerprint density at radius 1 is 1.11 bits per heavy atom. The van der Waals surface area contributed by atoms with Crippen LogP contribution in [0.5, 0.6) is 5.75 Å². The SMILES string of the molecule is Clc1cccc(OCCNc2cccc(Br)c2)c1. The summed E-state index contributed by atoms with van der Waals surface area (Å²) < 4.78 is 6.64. The van der Waals surface area contributed by atoms with Crippen molar-refractivity contribution in [3.63, 3.8) is 0 Å². The Morgan fingerprint density at radius 2 is 1.94 bits per heavy atom. The highest BCUT2D eigenvalue weighted by Crippen LogP contribution is 2.17. The average molecular weight is 327 g/mol. The van der Waals surface area contributed by atoms with Crippen LogP contribution < -0.4 is 10.1 Å². The van der Waals surface area contributed by atoms with Gasteiger partial charge in [0.05, 0.1) is 0 Å². The fraction of sp³-hybridized carbons (Fsp3) is 0.143. The molecule has 0 aliphatic rings.